The lowest BCUT2D eigenvalue weighted by Crippen LogP contribution is -2.27. The zero-order valence-electron chi connectivity index (χ0n) is 14.5. The van der Waals surface area contributed by atoms with Crippen LogP contribution in [0.4, 0.5) is 5.69 Å². The topological polar surface area (TPSA) is 62.9 Å². The number of benzene rings is 1. The SMILES string of the molecule is CCCN(CCC)CCCN=C(N)Nc1ccc(OC)cc1.I. The Morgan fingerprint density at radius 1 is 1.13 bits per heavy atom. The van der Waals surface area contributed by atoms with Crippen LogP contribution < -0.4 is 15.8 Å². The number of ether oxygens (including phenoxy) is 1. The minimum absolute atomic E-state index is 0. The Labute approximate surface area is 157 Å². The highest BCUT2D eigenvalue weighted by Crippen LogP contribution is 2.14. The number of guanidine groups is 1. The van der Waals surface area contributed by atoms with Gasteiger partial charge in [0.15, 0.2) is 5.96 Å². The standard InChI is InChI=1S/C17H30N4O.HI/c1-4-12-21(13-5-2)14-6-11-19-17(18)20-15-7-9-16(22-3)10-8-15;/h7-10H,4-6,11-14H2,1-3H3,(H3,18,19,20);1H. The molecule has 0 bridgehead atoms. The van der Waals surface area contributed by atoms with E-state index in [9.17, 15) is 0 Å². The summed E-state index contributed by atoms with van der Waals surface area (Å²) in [5, 5.41) is 3.09. The van der Waals surface area contributed by atoms with E-state index in [0.717, 1.165) is 44.0 Å². The van der Waals surface area contributed by atoms with Crippen LogP contribution in [-0.4, -0.2) is 44.1 Å². The Kier molecular flexibility index (Phi) is 12.8. The van der Waals surface area contributed by atoms with Gasteiger partial charge in [-0.05, 0) is 63.2 Å². The smallest absolute Gasteiger partial charge is 0.193 e. The fraction of sp³-hybridized carbons (Fsp3) is 0.588. The van der Waals surface area contributed by atoms with Gasteiger partial charge in [0, 0.05) is 12.2 Å². The summed E-state index contributed by atoms with van der Waals surface area (Å²) in [5.74, 6) is 1.29. The molecule has 0 aliphatic rings. The molecule has 0 radical (unpaired) electrons. The van der Waals surface area contributed by atoms with Gasteiger partial charge in [-0.1, -0.05) is 13.8 Å². The maximum atomic E-state index is 5.90. The maximum absolute atomic E-state index is 5.90. The number of hydrogen-bond donors (Lipinski definition) is 2. The van der Waals surface area contributed by atoms with Crippen LogP contribution in [0.15, 0.2) is 29.3 Å². The summed E-state index contributed by atoms with van der Waals surface area (Å²) in [7, 11) is 1.65. The van der Waals surface area contributed by atoms with E-state index in [1.165, 1.54) is 12.8 Å². The summed E-state index contributed by atoms with van der Waals surface area (Å²) in [4.78, 5) is 6.87. The number of anilines is 1. The summed E-state index contributed by atoms with van der Waals surface area (Å²) >= 11 is 0. The first kappa shape index (κ1) is 22.0. The zero-order valence-corrected chi connectivity index (χ0v) is 16.9. The van der Waals surface area contributed by atoms with Crippen LogP contribution in [0.25, 0.3) is 0 Å². The van der Waals surface area contributed by atoms with Crippen molar-refractivity contribution >= 4 is 35.6 Å². The van der Waals surface area contributed by atoms with Crippen molar-refractivity contribution in [2.75, 3.05) is 38.6 Å². The molecule has 1 aromatic carbocycles. The highest BCUT2D eigenvalue weighted by molar-refractivity contribution is 14.0. The van der Waals surface area contributed by atoms with Crippen LogP contribution >= 0.6 is 24.0 Å². The van der Waals surface area contributed by atoms with E-state index in [1.54, 1.807) is 7.11 Å². The van der Waals surface area contributed by atoms with Gasteiger partial charge in [0.25, 0.3) is 0 Å². The van der Waals surface area contributed by atoms with Gasteiger partial charge in [-0.25, -0.2) is 0 Å². The van der Waals surface area contributed by atoms with Crippen LogP contribution in [0.5, 0.6) is 5.75 Å². The molecule has 23 heavy (non-hydrogen) atoms. The van der Waals surface area contributed by atoms with E-state index in [4.69, 9.17) is 10.5 Å². The van der Waals surface area contributed by atoms with Crippen LogP contribution in [0.3, 0.4) is 0 Å². The van der Waals surface area contributed by atoms with E-state index < -0.39 is 0 Å². The Morgan fingerprint density at radius 3 is 2.26 bits per heavy atom. The molecule has 0 spiro atoms. The molecule has 0 saturated heterocycles. The maximum Gasteiger partial charge on any atom is 0.193 e. The summed E-state index contributed by atoms with van der Waals surface area (Å²) in [6.07, 6.45) is 3.43. The third kappa shape index (κ3) is 9.65. The number of halogens is 1. The molecule has 0 aliphatic carbocycles. The Balaban J connectivity index is 0.00000484. The zero-order chi connectivity index (χ0) is 16.2. The number of nitrogens with two attached hydrogens (primary N) is 1. The minimum Gasteiger partial charge on any atom is -0.497 e. The average molecular weight is 434 g/mol. The molecule has 0 fully saturated rings. The summed E-state index contributed by atoms with van der Waals surface area (Å²) < 4.78 is 5.12. The third-order valence-electron chi connectivity index (χ3n) is 3.36. The minimum atomic E-state index is 0. The van der Waals surface area contributed by atoms with E-state index in [-0.39, 0.29) is 24.0 Å². The Bertz CT molecular complexity index is 431. The predicted octanol–water partition coefficient (Wildman–Crippen LogP) is 3.55. The first-order valence-corrected chi connectivity index (χ1v) is 8.13. The number of aliphatic imine (C=N–C) groups is 1. The Morgan fingerprint density at radius 2 is 1.74 bits per heavy atom. The van der Waals surface area contributed by atoms with Crippen molar-refractivity contribution < 1.29 is 4.74 Å². The van der Waals surface area contributed by atoms with Crippen molar-refractivity contribution in [3.63, 3.8) is 0 Å². The van der Waals surface area contributed by atoms with Crippen LogP contribution in [0.2, 0.25) is 0 Å². The fourth-order valence-corrected chi connectivity index (χ4v) is 2.32. The van der Waals surface area contributed by atoms with Gasteiger partial charge in [0.05, 0.1) is 7.11 Å². The summed E-state index contributed by atoms with van der Waals surface area (Å²) in [5.41, 5.74) is 6.82. The van der Waals surface area contributed by atoms with Crippen molar-refractivity contribution in [3.05, 3.63) is 24.3 Å². The lowest BCUT2D eigenvalue weighted by molar-refractivity contribution is 0.273. The van der Waals surface area contributed by atoms with E-state index in [0.29, 0.717) is 5.96 Å². The highest BCUT2D eigenvalue weighted by Gasteiger charge is 2.01. The van der Waals surface area contributed by atoms with E-state index >= 15 is 0 Å². The molecule has 0 amide bonds. The van der Waals surface area contributed by atoms with E-state index in [2.05, 4.69) is 29.1 Å². The number of nitrogens with one attached hydrogen (secondary N) is 1. The van der Waals surface area contributed by atoms with Crippen molar-refractivity contribution in [3.8, 4) is 5.75 Å². The van der Waals surface area contributed by atoms with Crippen molar-refractivity contribution in [1.82, 2.24) is 4.90 Å². The highest BCUT2D eigenvalue weighted by atomic mass is 127. The lowest BCUT2D eigenvalue weighted by atomic mass is 10.3. The van der Waals surface area contributed by atoms with Crippen LogP contribution in [0.1, 0.15) is 33.1 Å². The largest absolute Gasteiger partial charge is 0.497 e. The van der Waals surface area contributed by atoms with Gasteiger partial charge in [0.1, 0.15) is 5.75 Å². The van der Waals surface area contributed by atoms with Gasteiger partial charge in [0.2, 0.25) is 0 Å². The molecule has 5 nitrogen and oxygen atoms in total. The van der Waals surface area contributed by atoms with Crippen LogP contribution in [-0.2, 0) is 0 Å². The van der Waals surface area contributed by atoms with Crippen molar-refractivity contribution in [1.29, 1.82) is 0 Å². The molecule has 0 heterocycles. The van der Waals surface area contributed by atoms with Gasteiger partial charge in [-0.2, -0.15) is 0 Å². The van der Waals surface area contributed by atoms with Crippen molar-refractivity contribution in [2.45, 2.75) is 33.1 Å². The molecule has 3 N–H and O–H groups in total. The monoisotopic (exact) mass is 434 g/mol. The summed E-state index contributed by atoms with van der Waals surface area (Å²) in [6.45, 7) is 8.60. The normalized spacial score (nSPS) is 11.2. The molecule has 0 atom stereocenters. The molecule has 0 aliphatic heterocycles. The van der Waals surface area contributed by atoms with Crippen molar-refractivity contribution in [2.24, 2.45) is 10.7 Å². The molecule has 0 unspecified atom stereocenters. The molecule has 1 rings (SSSR count). The second-order valence-corrected chi connectivity index (χ2v) is 5.32. The first-order valence-electron chi connectivity index (χ1n) is 8.13. The molecule has 1 aromatic rings. The number of methoxy groups -OCH3 is 1. The molecule has 132 valence electrons. The number of hydrogen-bond acceptors (Lipinski definition) is 3. The van der Waals surface area contributed by atoms with Gasteiger partial charge < -0.3 is 20.7 Å². The van der Waals surface area contributed by atoms with Crippen LogP contribution in [0, 0.1) is 0 Å². The van der Waals surface area contributed by atoms with Gasteiger partial charge in [-0.3, -0.25) is 4.99 Å². The lowest BCUT2D eigenvalue weighted by Gasteiger charge is -2.20. The molecule has 0 aromatic heterocycles. The second-order valence-electron chi connectivity index (χ2n) is 5.32. The molecule has 0 saturated carbocycles. The van der Waals surface area contributed by atoms with Gasteiger partial charge >= 0.3 is 0 Å². The predicted molar refractivity (Wildman–Crippen MR) is 110 cm³/mol. The third-order valence-corrected chi connectivity index (χ3v) is 3.36. The Hall–Kier alpha value is -1.02. The number of nitrogens with zero attached hydrogens (tertiary/aromatic N) is 2. The van der Waals surface area contributed by atoms with E-state index in [1.807, 2.05) is 24.3 Å². The average Bonchev–Trinajstić information content (AvgIpc) is 2.52. The summed E-state index contributed by atoms with van der Waals surface area (Å²) in [6, 6.07) is 7.63. The molecule has 6 heteroatoms. The molecular weight excluding hydrogens is 403 g/mol. The first-order chi connectivity index (χ1) is 10.7. The quantitative estimate of drug-likeness (QED) is 0.256. The number of rotatable bonds is 10. The second kappa shape index (κ2) is 13.4. The van der Waals surface area contributed by atoms with Gasteiger partial charge in [-0.15, -0.1) is 24.0 Å². The fourth-order valence-electron chi connectivity index (χ4n) is 2.32. The molecular formula is C17H31IN4O.